The third kappa shape index (κ3) is 3.27. The molecule has 2 aromatic rings. The van der Waals surface area contributed by atoms with E-state index >= 15 is 0 Å². The number of amides is 2. The first-order valence-electron chi connectivity index (χ1n) is 7.87. The van der Waals surface area contributed by atoms with E-state index in [1.165, 1.54) is 0 Å². The topological polar surface area (TPSA) is 63.0 Å². The number of rotatable bonds is 3. The Labute approximate surface area is 140 Å². The van der Waals surface area contributed by atoms with Gasteiger partial charge in [0.15, 0.2) is 5.76 Å². The maximum absolute atomic E-state index is 12.6. The first-order chi connectivity index (χ1) is 11.6. The number of furan rings is 1. The molecule has 1 saturated heterocycles. The lowest BCUT2D eigenvalue weighted by atomic mass is 10.1. The van der Waals surface area contributed by atoms with Crippen LogP contribution in [0.25, 0.3) is 0 Å². The minimum atomic E-state index is -0.128. The predicted octanol–water partition coefficient (Wildman–Crippen LogP) is 2.19. The molecule has 3 rings (SSSR count). The number of aryl methyl sites for hydroxylation is 1. The predicted molar refractivity (Wildman–Crippen MR) is 88.2 cm³/mol. The van der Waals surface area contributed by atoms with Crippen LogP contribution in [0.3, 0.4) is 0 Å². The SMILES string of the molecule is COc1cccc(C(=O)N2CCN(C(=O)c3ccc(C)o3)CC2)c1. The summed E-state index contributed by atoms with van der Waals surface area (Å²) in [6, 6.07) is 10.6. The summed E-state index contributed by atoms with van der Waals surface area (Å²) >= 11 is 0. The fourth-order valence-corrected chi connectivity index (χ4v) is 2.76. The van der Waals surface area contributed by atoms with Gasteiger partial charge in [0.2, 0.25) is 0 Å². The van der Waals surface area contributed by atoms with Gasteiger partial charge in [0.25, 0.3) is 11.8 Å². The number of ether oxygens (including phenoxy) is 1. The zero-order valence-electron chi connectivity index (χ0n) is 13.8. The number of hydrogen-bond donors (Lipinski definition) is 0. The molecule has 2 amide bonds. The van der Waals surface area contributed by atoms with Crippen molar-refractivity contribution in [3.8, 4) is 5.75 Å². The number of carbonyl (C=O) groups is 2. The van der Waals surface area contributed by atoms with Crippen molar-refractivity contribution in [1.82, 2.24) is 9.80 Å². The van der Waals surface area contributed by atoms with Crippen molar-refractivity contribution in [2.45, 2.75) is 6.92 Å². The molecule has 126 valence electrons. The summed E-state index contributed by atoms with van der Waals surface area (Å²) in [4.78, 5) is 28.4. The van der Waals surface area contributed by atoms with Crippen LogP contribution in [0, 0.1) is 6.92 Å². The van der Waals surface area contributed by atoms with E-state index in [0.29, 0.717) is 49.0 Å². The van der Waals surface area contributed by atoms with Gasteiger partial charge in [0.1, 0.15) is 11.5 Å². The average molecular weight is 328 g/mol. The Balaban J connectivity index is 1.62. The van der Waals surface area contributed by atoms with Gasteiger partial charge in [-0.25, -0.2) is 0 Å². The third-order valence-corrected chi connectivity index (χ3v) is 4.12. The number of nitrogens with zero attached hydrogens (tertiary/aromatic N) is 2. The largest absolute Gasteiger partial charge is 0.497 e. The molecule has 24 heavy (non-hydrogen) atoms. The fraction of sp³-hybridized carbons (Fsp3) is 0.333. The maximum Gasteiger partial charge on any atom is 0.289 e. The Morgan fingerprint density at radius 2 is 1.67 bits per heavy atom. The minimum absolute atomic E-state index is 0.0464. The molecule has 0 N–H and O–H groups in total. The summed E-state index contributed by atoms with van der Waals surface area (Å²) in [5.74, 6) is 1.54. The molecule has 0 radical (unpaired) electrons. The van der Waals surface area contributed by atoms with E-state index in [4.69, 9.17) is 9.15 Å². The quantitative estimate of drug-likeness (QED) is 0.866. The molecule has 2 heterocycles. The highest BCUT2D eigenvalue weighted by molar-refractivity contribution is 5.95. The molecule has 0 aliphatic carbocycles. The second-order valence-corrected chi connectivity index (χ2v) is 5.73. The molecule has 0 unspecified atom stereocenters. The Hall–Kier alpha value is -2.76. The molecule has 1 aromatic carbocycles. The molecule has 0 spiro atoms. The summed E-state index contributed by atoms with van der Waals surface area (Å²) in [5, 5.41) is 0. The van der Waals surface area contributed by atoms with Crippen LogP contribution in [0.15, 0.2) is 40.8 Å². The van der Waals surface area contributed by atoms with Crippen molar-refractivity contribution in [3.05, 3.63) is 53.5 Å². The molecular weight excluding hydrogens is 308 g/mol. The first-order valence-corrected chi connectivity index (χ1v) is 7.87. The van der Waals surface area contributed by atoms with Crippen molar-refractivity contribution >= 4 is 11.8 Å². The Bertz CT molecular complexity index is 745. The lowest BCUT2D eigenvalue weighted by Crippen LogP contribution is -2.50. The van der Waals surface area contributed by atoms with Crippen LogP contribution in [0.2, 0.25) is 0 Å². The van der Waals surface area contributed by atoms with Crippen molar-refractivity contribution in [2.24, 2.45) is 0 Å². The van der Waals surface area contributed by atoms with Gasteiger partial charge in [-0.1, -0.05) is 6.07 Å². The maximum atomic E-state index is 12.6. The Kier molecular flexibility index (Phi) is 4.55. The zero-order valence-corrected chi connectivity index (χ0v) is 13.8. The second kappa shape index (κ2) is 6.78. The standard InChI is InChI=1S/C18H20N2O4/c1-13-6-7-16(24-13)18(22)20-10-8-19(9-11-20)17(21)14-4-3-5-15(12-14)23-2/h3-7,12H,8-11H2,1-2H3. The van der Waals surface area contributed by atoms with Gasteiger partial charge in [-0.2, -0.15) is 0 Å². The van der Waals surface area contributed by atoms with Crippen LogP contribution in [-0.4, -0.2) is 54.9 Å². The molecular formula is C18H20N2O4. The fourth-order valence-electron chi connectivity index (χ4n) is 2.76. The normalized spacial score (nSPS) is 14.6. The van der Waals surface area contributed by atoms with Crippen molar-refractivity contribution < 1.29 is 18.7 Å². The van der Waals surface area contributed by atoms with Gasteiger partial charge in [-0.05, 0) is 37.3 Å². The monoisotopic (exact) mass is 328 g/mol. The summed E-state index contributed by atoms with van der Waals surface area (Å²) in [6.07, 6.45) is 0. The van der Waals surface area contributed by atoms with E-state index in [-0.39, 0.29) is 11.8 Å². The molecule has 1 aliphatic heterocycles. The second-order valence-electron chi connectivity index (χ2n) is 5.73. The van der Waals surface area contributed by atoms with Crippen LogP contribution < -0.4 is 4.74 Å². The molecule has 1 aromatic heterocycles. The van der Waals surface area contributed by atoms with Gasteiger partial charge in [-0.3, -0.25) is 9.59 Å². The summed E-state index contributed by atoms with van der Waals surface area (Å²) in [6.45, 7) is 3.80. The lowest BCUT2D eigenvalue weighted by Gasteiger charge is -2.34. The van der Waals surface area contributed by atoms with Crippen molar-refractivity contribution in [1.29, 1.82) is 0 Å². The molecule has 1 aliphatic rings. The van der Waals surface area contributed by atoms with Gasteiger partial charge >= 0.3 is 0 Å². The highest BCUT2D eigenvalue weighted by Gasteiger charge is 2.26. The zero-order chi connectivity index (χ0) is 17.1. The third-order valence-electron chi connectivity index (χ3n) is 4.12. The van der Waals surface area contributed by atoms with Crippen molar-refractivity contribution in [3.63, 3.8) is 0 Å². The number of hydrogen-bond acceptors (Lipinski definition) is 4. The average Bonchev–Trinajstić information content (AvgIpc) is 3.07. The molecule has 1 fully saturated rings. The number of benzene rings is 1. The van der Waals surface area contributed by atoms with Gasteiger partial charge in [0, 0.05) is 31.7 Å². The first kappa shape index (κ1) is 16.1. The van der Waals surface area contributed by atoms with Gasteiger partial charge < -0.3 is 19.0 Å². The minimum Gasteiger partial charge on any atom is -0.497 e. The number of piperazine rings is 1. The smallest absolute Gasteiger partial charge is 0.289 e. The lowest BCUT2D eigenvalue weighted by molar-refractivity contribution is 0.0517. The van der Waals surface area contributed by atoms with E-state index in [1.807, 2.05) is 6.92 Å². The molecule has 0 bridgehead atoms. The van der Waals surface area contributed by atoms with Crippen LogP contribution >= 0.6 is 0 Å². The van der Waals surface area contributed by atoms with Crippen LogP contribution in [-0.2, 0) is 0 Å². The molecule has 6 heteroatoms. The van der Waals surface area contributed by atoms with Crippen LogP contribution in [0.4, 0.5) is 0 Å². The molecule has 0 saturated carbocycles. The highest BCUT2D eigenvalue weighted by Crippen LogP contribution is 2.17. The van der Waals surface area contributed by atoms with E-state index in [9.17, 15) is 9.59 Å². The summed E-state index contributed by atoms with van der Waals surface area (Å²) < 4.78 is 10.5. The van der Waals surface area contributed by atoms with Crippen molar-refractivity contribution in [2.75, 3.05) is 33.3 Å². The van der Waals surface area contributed by atoms with E-state index in [2.05, 4.69) is 0 Å². The Morgan fingerprint density at radius 1 is 1.00 bits per heavy atom. The van der Waals surface area contributed by atoms with E-state index in [1.54, 1.807) is 53.3 Å². The number of carbonyl (C=O) groups excluding carboxylic acids is 2. The van der Waals surface area contributed by atoms with Gasteiger partial charge in [-0.15, -0.1) is 0 Å². The Morgan fingerprint density at radius 3 is 2.25 bits per heavy atom. The summed E-state index contributed by atoms with van der Waals surface area (Å²) in [5.41, 5.74) is 0.593. The number of methoxy groups -OCH3 is 1. The van der Waals surface area contributed by atoms with Gasteiger partial charge in [0.05, 0.1) is 7.11 Å². The van der Waals surface area contributed by atoms with E-state index in [0.717, 1.165) is 0 Å². The van der Waals surface area contributed by atoms with Crippen LogP contribution in [0.5, 0.6) is 5.75 Å². The van der Waals surface area contributed by atoms with E-state index < -0.39 is 0 Å². The van der Waals surface area contributed by atoms with Crippen LogP contribution in [0.1, 0.15) is 26.7 Å². The molecule has 0 atom stereocenters. The highest BCUT2D eigenvalue weighted by atomic mass is 16.5. The molecule has 6 nitrogen and oxygen atoms in total. The summed E-state index contributed by atoms with van der Waals surface area (Å²) in [7, 11) is 1.57.